The molecule has 2 heterocycles. The quantitative estimate of drug-likeness (QED) is 0.779. The van der Waals surface area contributed by atoms with Gasteiger partial charge in [0, 0.05) is 37.4 Å². The van der Waals surface area contributed by atoms with E-state index in [-0.39, 0.29) is 49.4 Å². The van der Waals surface area contributed by atoms with Gasteiger partial charge in [-0.3, -0.25) is 9.59 Å². The molecule has 1 saturated heterocycles. The van der Waals surface area contributed by atoms with Crippen LogP contribution in [0.15, 0.2) is 22.7 Å². The van der Waals surface area contributed by atoms with E-state index < -0.39 is 11.8 Å². The molecular weight excluding hydrogens is 406 g/mol. The first-order valence-electron chi connectivity index (χ1n) is 10.6. The zero-order valence-corrected chi connectivity index (χ0v) is 17.7. The van der Waals surface area contributed by atoms with Crippen LogP contribution < -0.4 is 10.2 Å². The normalized spacial score (nSPS) is 21.5. The third-order valence-electron chi connectivity index (χ3n) is 6.28. The number of carbonyl (C=O) groups excluding carboxylic acids is 2. The van der Waals surface area contributed by atoms with Gasteiger partial charge in [0.25, 0.3) is 0 Å². The summed E-state index contributed by atoms with van der Waals surface area (Å²) in [5.41, 5.74) is 3.03. The number of halogens is 2. The maximum absolute atomic E-state index is 13.3. The molecule has 1 N–H and O–H groups in total. The SMILES string of the molecule is Cc1ccc(N2C[C@H](C(=O)NCc3nc(C4CCC(F)(F)CC4)no3)CC2=O)cc1C. The van der Waals surface area contributed by atoms with Crippen molar-refractivity contribution in [3.05, 3.63) is 41.0 Å². The molecule has 166 valence electrons. The van der Waals surface area contributed by atoms with Gasteiger partial charge < -0.3 is 14.7 Å². The van der Waals surface area contributed by atoms with E-state index in [4.69, 9.17) is 4.52 Å². The van der Waals surface area contributed by atoms with Crippen LogP contribution in [0.2, 0.25) is 0 Å². The number of carbonyl (C=O) groups is 2. The van der Waals surface area contributed by atoms with Gasteiger partial charge in [0.2, 0.25) is 23.6 Å². The van der Waals surface area contributed by atoms with Crippen LogP contribution >= 0.6 is 0 Å². The van der Waals surface area contributed by atoms with Gasteiger partial charge in [-0.1, -0.05) is 11.2 Å². The first-order chi connectivity index (χ1) is 14.7. The zero-order chi connectivity index (χ0) is 22.2. The predicted octanol–water partition coefficient (Wildman–Crippen LogP) is 3.65. The van der Waals surface area contributed by atoms with Gasteiger partial charge in [-0.15, -0.1) is 0 Å². The molecule has 9 heteroatoms. The number of anilines is 1. The van der Waals surface area contributed by atoms with Crippen molar-refractivity contribution in [3.63, 3.8) is 0 Å². The van der Waals surface area contributed by atoms with Crippen molar-refractivity contribution in [2.75, 3.05) is 11.4 Å². The van der Waals surface area contributed by atoms with E-state index in [0.29, 0.717) is 25.2 Å². The van der Waals surface area contributed by atoms with E-state index >= 15 is 0 Å². The van der Waals surface area contributed by atoms with Crippen molar-refractivity contribution in [1.29, 1.82) is 0 Å². The first-order valence-corrected chi connectivity index (χ1v) is 10.6. The second-order valence-electron chi connectivity index (χ2n) is 8.57. The van der Waals surface area contributed by atoms with Crippen molar-refractivity contribution in [1.82, 2.24) is 15.5 Å². The summed E-state index contributed by atoms with van der Waals surface area (Å²) >= 11 is 0. The van der Waals surface area contributed by atoms with E-state index in [2.05, 4.69) is 15.5 Å². The van der Waals surface area contributed by atoms with Crippen LogP contribution in [0.25, 0.3) is 0 Å². The first kappa shape index (κ1) is 21.4. The van der Waals surface area contributed by atoms with Gasteiger partial charge >= 0.3 is 0 Å². The summed E-state index contributed by atoms with van der Waals surface area (Å²) in [7, 11) is 0. The maximum atomic E-state index is 13.3. The van der Waals surface area contributed by atoms with Crippen molar-refractivity contribution < 1.29 is 22.9 Å². The second-order valence-corrected chi connectivity index (χ2v) is 8.57. The van der Waals surface area contributed by atoms with Gasteiger partial charge in [0.1, 0.15) is 0 Å². The molecule has 4 rings (SSSR count). The summed E-state index contributed by atoms with van der Waals surface area (Å²) in [6.07, 6.45) is 0.424. The number of hydrogen-bond donors (Lipinski definition) is 1. The minimum Gasteiger partial charge on any atom is -0.347 e. The van der Waals surface area contributed by atoms with Crippen LogP contribution in [0.1, 0.15) is 60.9 Å². The fourth-order valence-corrected chi connectivity index (χ4v) is 4.14. The Morgan fingerprint density at radius 3 is 2.71 bits per heavy atom. The summed E-state index contributed by atoms with van der Waals surface area (Å²) in [6, 6.07) is 5.81. The molecule has 1 atom stereocenters. The fraction of sp³-hybridized carbons (Fsp3) is 0.545. The molecule has 2 aliphatic rings. The molecule has 1 saturated carbocycles. The molecule has 7 nitrogen and oxygen atoms in total. The average molecular weight is 432 g/mol. The lowest BCUT2D eigenvalue weighted by Gasteiger charge is -2.26. The van der Waals surface area contributed by atoms with Gasteiger partial charge in [-0.25, -0.2) is 8.78 Å². The Hall–Kier alpha value is -2.84. The van der Waals surface area contributed by atoms with E-state index in [1.807, 2.05) is 32.0 Å². The highest BCUT2D eigenvalue weighted by Crippen LogP contribution is 2.39. The summed E-state index contributed by atoms with van der Waals surface area (Å²) in [4.78, 5) is 30.9. The van der Waals surface area contributed by atoms with Crippen molar-refractivity contribution in [2.45, 2.75) is 64.3 Å². The minimum atomic E-state index is -2.61. The number of benzene rings is 1. The summed E-state index contributed by atoms with van der Waals surface area (Å²) in [5, 5.41) is 6.65. The van der Waals surface area contributed by atoms with E-state index in [0.717, 1.165) is 16.8 Å². The lowest BCUT2D eigenvalue weighted by Crippen LogP contribution is -2.32. The third kappa shape index (κ3) is 4.75. The minimum absolute atomic E-state index is 0.0447. The molecule has 0 radical (unpaired) electrons. The number of hydrogen-bond acceptors (Lipinski definition) is 5. The number of aromatic nitrogens is 2. The molecule has 1 aliphatic heterocycles. The predicted molar refractivity (Wildman–Crippen MR) is 109 cm³/mol. The highest BCUT2D eigenvalue weighted by molar-refractivity contribution is 6.00. The highest BCUT2D eigenvalue weighted by Gasteiger charge is 2.37. The van der Waals surface area contributed by atoms with Crippen LogP contribution in [-0.4, -0.2) is 34.4 Å². The molecular formula is C22H26F2N4O3. The molecule has 2 fully saturated rings. The highest BCUT2D eigenvalue weighted by atomic mass is 19.3. The third-order valence-corrected chi connectivity index (χ3v) is 6.28. The van der Waals surface area contributed by atoms with Gasteiger partial charge in [0.05, 0.1) is 12.5 Å². The van der Waals surface area contributed by atoms with Crippen LogP contribution in [0.5, 0.6) is 0 Å². The van der Waals surface area contributed by atoms with Crippen LogP contribution in [0.3, 0.4) is 0 Å². The van der Waals surface area contributed by atoms with Crippen LogP contribution in [0, 0.1) is 19.8 Å². The zero-order valence-electron chi connectivity index (χ0n) is 17.7. The average Bonchev–Trinajstić information content (AvgIpc) is 3.35. The standard InChI is InChI=1S/C22H26F2N4O3/c1-13-3-4-17(9-14(13)2)28-12-16(10-19(28)29)21(30)25-11-18-26-20(27-31-18)15-5-7-22(23,24)8-6-15/h3-4,9,15-16H,5-8,10-12H2,1-2H3,(H,25,30)/t16-/m1/s1. The maximum Gasteiger partial charge on any atom is 0.248 e. The number of nitrogens with one attached hydrogen (secondary N) is 1. The van der Waals surface area contributed by atoms with Crippen molar-refractivity contribution in [2.24, 2.45) is 5.92 Å². The molecule has 1 aromatic heterocycles. The Labute approximate surface area is 179 Å². The van der Waals surface area contributed by atoms with Crippen molar-refractivity contribution >= 4 is 17.5 Å². The molecule has 1 aliphatic carbocycles. The van der Waals surface area contributed by atoms with E-state index in [1.54, 1.807) is 4.90 Å². The Bertz CT molecular complexity index is 981. The molecule has 0 bridgehead atoms. The topological polar surface area (TPSA) is 88.3 Å². The van der Waals surface area contributed by atoms with Gasteiger partial charge in [-0.2, -0.15) is 4.98 Å². The monoisotopic (exact) mass is 432 g/mol. The largest absolute Gasteiger partial charge is 0.347 e. The van der Waals surface area contributed by atoms with Crippen LogP contribution in [-0.2, 0) is 16.1 Å². The molecule has 0 unspecified atom stereocenters. The molecule has 31 heavy (non-hydrogen) atoms. The number of alkyl halides is 2. The Balaban J connectivity index is 1.31. The number of aryl methyl sites for hydroxylation is 2. The smallest absolute Gasteiger partial charge is 0.248 e. The van der Waals surface area contributed by atoms with Crippen molar-refractivity contribution in [3.8, 4) is 0 Å². The fourth-order valence-electron chi connectivity index (χ4n) is 4.14. The lowest BCUT2D eigenvalue weighted by molar-refractivity contribution is -0.126. The van der Waals surface area contributed by atoms with Gasteiger partial charge in [-0.05, 0) is 49.9 Å². The summed E-state index contributed by atoms with van der Waals surface area (Å²) < 4.78 is 31.8. The summed E-state index contributed by atoms with van der Waals surface area (Å²) in [6.45, 7) is 4.36. The molecule has 0 spiro atoms. The molecule has 1 aromatic carbocycles. The Morgan fingerprint density at radius 1 is 1.26 bits per heavy atom. The molecule has 2 amide bonds. The van der Waals surface area contributed by atoms with E-state index in [1.165, 1.54) is 0 Å². The number of amides is 2. The Kier molecular flexibility index (Phi) is 5.77. The summed E-state index contributed by atoms with van der Waals surface area (Å²) in [5.74, 6) is -2.91. The van der Waals surface area contributed by atoms with Crippen LogP contribution in [0.4, 0.5) is 14.5 Å². The van der Waals surface area contributed by atoms with Gasteiger partial charge in [0.15, 0.2) is 5.82 Å². The number of rotatable bonds is 5. The second kappa shape index (κ2) is 8.36. The van der Waals surface area contributed by atoms with E-state index in [9.17, 15) is 18.4 Å². The Morgan fingerprint density at radius 2 is 2.00 bits per heavy atom. The lowest BCUT2D eigenvalue weighted by atomic mass is 9.86. The number of nitrogens with zero attached hydrogens (tertiary/aromatic N) is 3. The molecule has 2 aromatic rings.